The molecule has 0 saturated carbocycles. The maximum atomic E-state index is 12.6. The van der Waals surface area contributed by atoms with Crippen LogP contribution < -0.4 is 11.1 Å². The molecule has 1 heterocycles. The predicted molar refractivity (Wildman–Crippen MR) is 122 cm³/mol. The molecule has 160 valence electrons. The molecular weight excluding hydrogens is 438 g/mol. The summed E-state index contributed by atoms with van der Waals surface area (Å²) in [4.78, 5) is 35.4. The van der Waals surface area contributed by atoms with E-state index in [9.17, 15) is 19.7 Å². The summed E-state index contributed by atoms with van der Waals surface area (Å²) >= 11 is 7.57. The number of thioether (sulfide) groups is 1. The van der Waals surface area contributed by atoms with Crippen LogP contribution in [-0.4, -0.2) is 22.2 Å². The number of Topliss-reactive ketones (excluding diaryl/α,β-unsaturated/α-hetero) is 2. The highest BCUT2D eigenvalue weighted by Crippen LogP contribution is 2.41. The van der Waals surface area contributed by atoms with Gasteiger partial charge in [-0.05, 0) is 25.5 Å². The molecule has 1 atom stereocenters. The van der Waals surface area contributed by atoms with Crippen molar-refractivity contribution in [1.29, 1.82) is 0 Å². The van der Waals surface area contributed by atoms with Crippen LogP contribution in [0.1, 0.15) is 35.7 Å². The number of hydrogen-bond donors (Lipinski definition) is 2. The Morgan fingerprint density at radius 1 is 1.23 bits per heavy atom. The van der Waals surface area contributed by atoms with Gasteiger partial charge in [-0.3, -0.25) is 19.7 Å². The van der Waals surface area contributed by atoms with Gasteiger partial charge in [0.05, 0.1) is 27.3 Å². The molecule has 9 heteroatoms. The molecule has 31 heavy (non-hydrogen) atoms. The van der Waals surface area contributed by atoms with Crippen LogP contribution in [0, 0.1) is 10.1 Å². The van der Waals surface area contributed by atoms with Crippen LogP contribution in [0.3, 0.4) is 0 Å². The highest BCUT2D eigenvalue weighted by molar-refractivity contribution is 8.03. The molecule has 0 spiro atoms. The quantitative estimate of drug-likeness (QED) is 0.356. The fourth-order valence-corrected chi connectivity index (χ4v) is 4.64. The molecule has 2 aromatic rings. The number of carbonyl (C=O) groups is 2. The summed E-state index contributed by atoms with van der Waals surface area (Å²) in [6, 6.07) is 12.8. The van der Waals surface area contributed by atoms with E-state index in [0.29, 0.717) is 32.6 Å². The zero-order chi connectivity index (χ0) is 22.7. The fourth-order valence-electron chi connectivity index (χ4n) is 3.45. The molecule has 0 saturated heterocycles. The molecule has 0 amide bonds. The van der Waals surface area contributed by atoms with Crippen LogP contribution in [0.2, 0.25) is 5.02 Å². The molecule has 0 radical (unpaired) electrons. The van der Waals surface area contributed by atoms with Gasteiger partial charge >= 0.3 is 0 Å². The Morgan fingerprint density at radius 2 is 1.94 bits per heavy atom. The highest BCUT2D eigenvalue weighted by Gasteiger charge is 2.32. The number of rotatable bonds is 7. The molecule has 0 aromatic heterocycles. The molecule has 3 N–H and O–H groups in total. The number of nitro benzene ring substituents is 1. The predicted octanol–water partition coefficient (Wildman–Crippen LogP) is 4.54. The Hall–Kier alpha value is -3.10. The van der Waals surface area contributed by atoms with Crippen molar-refractivity contribution in [2.24, 2.45) is 5.73 Å². The Balaban J connectivity index is 1.90. The number of allylic oxidation sites excluding steroid dienone is 2. The van der Waals surface area contributed by atoms with Gasteiger partial charge in [0.2, 0.25) is 0 Å². The maximum absolute atomic E-state index is 12.6. The van der Waals surface area contributed by atoms with Crippen molar-refractivity contribution in [3.05, 3.63) is 96.8 Å². The SMILES string of the molecule is CC(=O)C1=C(C)NC(SCC(=O)c2cccc([N+](=O)[O-])c2)=C(N)C1c1ccccc1Cl. The third kappa shape index (κ3) is 4.81. The minimum atomic E-state index is -0.543. The van der Waals surface area contributed by atoms with Gasteiger partial charge < -0.3 is 11.1 Å². The van der Waals surface area contributed by atoms with Crippen LogP contribution in [0.4, 0.5) is 5.69 Å². The zero-order valence-electron chi connectivity index (χ0n) is 16.8. The summed E-state index contributed by atoms with van der Waals surface area (Å²) in [7, 11) is 0. The van der Waals surface area contributed by atoms with E-state index in [1.807, 2.05) is 12.1 Å². The van der Waals surface area contributed by atoms with Gasteiger partial charge in [0.1, 0.15) is 0 Å². The normalized spacial score (nSPS) is 16.2. The van der Waals surface area contributed by atoms with Crippen LogP contribution in [0.15, 0.2) is 70.5 Å². The summed E-state index contributed by atoms with van der Waals surface area (Å²) in [6.07, 6.45) is 0. The zero-order valence-corrected chi connectivity index (χ0v) is 18.4. The van der Waals surface area contributed by atoms with Crippen molar-refractivity contribution in [3.63, 3.8) is 0 Å². The van der Waals surface area contributed by atoms with E-state index in [1.165, 1.54) is 43.0 Å². The number of nitrogens with zero attached hydrogens (tertiary/aromatic N) is 1. The summed E-state index contributed by atoms with van der Waals surface area (Å²) in [5, 5.41) is 15.1. The van der Waals surface area contributed by atoms with E-state index in [2.05, 4.69) is 5.32 Å². The second-order valence-electron chi connectivity index (χ2n) is 6.98. The molecule has 0 fully saturated rings. The first-order valence-corrected chi connectivity index (χ1v) is 10.7. The van der Waals surface area contributed by atoms with E-state index >= 15 is 0 Å². The number of nitrogens with one attached hydrogen (secondary N) is 1. The highest BCUT2D eigenvalue weighted by atomic mass is 35.5. The third-order valence-electron chi connectivity index (χ3n) is 4.89. The average Bonchev–Trinajstić information content (AvgIpc) is 2.74. The smallest absolute Gasteiger partial charge is 0.270 e. The molecule has 1 unspecified atom stereocenters. The topological polar surface area (TPSA) is 115 Å². The second-order valence-corrected chi connectivity index (χ2v) is 8.37. The Kier molecular flexibility index (Phi) is 6.82. The Labute approximate surface area is 188 Å². The largest absolute Gasteiger partial charge is 0.399 e. The molecule has 3 rings (SSSR count). The maximum Gasteiger partial charge on any atom is 0.270 e. The molecule has 0 aliphatic carbocycles. The number of nitro groups is 1. The number of carbonyl (C=O) groups excluding carboxylic acids is 2. The van der Waals surface area contributed by atoms with E-state index in [-0.39, 0.29) is 28.6 Å². The first-order valence-electron chi connectivity index (χ1n) is 9.34. The molecule has 1 aliphatic heterocycles. The van der Waals surface area contributed by atoms with Crippen molar-refractivity contribution in [1.82, 2.24) is 5.32 Å². The fraction of sp³-hybridized carbons (Fsp3) is 0.182. The lowest BCUT2D eigenvalue weighted by Crippen LogP contribution is -2.31. The molecule has 2 aromatic carbocycles. The molecular formula is C22H20ClN3O4S. The van der Waals surface area contributed by atoms with Crippen LogP contribution in [-0.2, 0) is 4.79 Å². The van der Waals surface area contributed by atoms with Crippen molar-refractivity contribution in [3.8, 4) is 0 Å². The number of benzene rings is 2. The molecule has 1 aliphatic rings. The van der Waals surface area contributed by atoms with Crippen molar-refractivity contribution < 1.29 is 14.5 Å². The number of nitrogens with two attached hydrogens (primary N) is 1. The van der Waals surface area contributed by atoms with Gasteiger partial charge in [0.15, 0.2) is 11.6 Å². The second kappa shape index (κ2) is 9.36. The molecule has 7 nitrogen and oxygen atoms in total. The summed E-state index contributed by atoms with van der Waals surface area (Å²) in [6.45, 7) is 3.25. The van der Waals surface area contributed by atoms with Gasteiger partial charge in [-0.1, -0.05) is 53.7 Å². The van der Waals surface area contributed by atoms with Crippen molar-refractivity contribution >= 4 is 40.6 Å². The standard InChI is InChI=1S/C22H20ClN3O4S/c1-12-19(13(2)27)20(16-8-3-4-9-17(16)23)21(24)22(25-12)31-11-18(28)14-6-5-7-15(10-14)26(29)30/h3-10,20,25H,11,24H2,1-2H3. The van der Waals surface area contributed by atoms with Crippen LogP contribution in [0.25, 0.3) is 0 Å². The monoisotopic (exact) mass is 457 g/mol. The van der Waals surface area contributed by atoms with Gasteiger partial charge in [0, 0.05) is 34.0 Å². The summed E-state index contributed by atoms with van der Waals surface area (Å²) in [5.74, 6) is -0.927. The van der Waals surface area contributed by atoms with E-state index in [0.717, 1.165) is 0 Å². The Bertz CT molecular complexity index is 1140. The minimum Gasteiger partial charge on any atom is -0.399 e. The van der Waals surface area contributed by atoms with Crippen molar-refractivity contribution in [2.75, 3.05) is 5.75 Å². The van der Waals surface area contributed by atoms with E-state index in [4.69, 9.17) is 17.3 Å². The number of hydrogen-bond acceptors (Lipinski definition) is 7. The number of ketones is 2. The first kappa shape index (κ1) is 22.6. The Morgan fingerprint density at radius 3 is 2.58 bits per heavy atom. The number of non-ortho nitro benzene ring substituents is 1. The number of halogens is 1. The van der Waals surface area contributed by atoms with Crippen LogP contribution in [0.5, 0.6) is 0 Å². The molecule has 0 bridgehead atoms. The average molecular weight is 458 g/mol. The van der Waals surface area contributed by atoms with Crippen LogP contribution >= 0.6 is 23.4 Å². The number of dihydropyridines is 1. The van der Waals surface area contributed by atoms with E-state index in [1.54, 1.807) is 19.1 Å². The third-order valence-corrected chi connectivity index (χ3v) is 6.27. The minimum absolute atomic E-state index is 0.0160. The summed E-state index contributed by atoms with van der Waals surface area (Å²) < 4.78 is 0. The van der Waals surface area contributed by atoms with E-state index < -0.39 is 10.8 Å². The lowest BCUT2D eigenvalue weighted by Gasteiger charge is -2.30. The van der Waals surface area contributed by atoms with Gasteiger partial charge in [-0.25, -0.2) is 0 Å². The summed E-state index contributed by atoms with van der Waals surface area (Å²) in [5.41, 5.74) is 8.80. The lowest BCUT2D eigenvalue weighted by molar-refractivity contribution is -0.384. The van der Waals surface area contributed by atoms with Gasteiger partial charge in [-0.2, -0.15) is 0 Å². The lowest BCUT2D eigenvalue weighted by atomic mass is 9.84. The van der Waals surface area contributed by atoms with Gasteiger partial charge in [-0.15, -0.1) is 0 Å². The van der Waals surface area contributed by atoms with Crippen molar-refractivity contribution in [2.45, 2.75) is 19.8 Å². The first-order chi connectivity index (χ1) is 14.7. The van der Waals surface area contributed by atoms with Gasteiger partial charge in [0.25, 0.3) is 5.69 Å².